The van der Waals surface area contributed by atoms with Crippen molar-refractivity contribution in [3.05, 3.63) is 0 Å². The molecule has 1 atom stereocenters. The highest BCUT2D eigenvalue weighted by molar-refractivity contribution is 5.76. The van der Waals surface area contributed by atoms with Crippen LogP contribution in [0.1, 0.15) is 46.0 Å². The zero-order chi connectivity index (χ0) is 14.4. The monoisotopic (exact) mass is 282 g/mol. The summed E-state index contributed by atoms with van der Waals surface area (Å²) in [5.41, 5.74) is 0. The molecule has 4 heteroatoms. The third-order valence-corrected chi connectivity index (χ3v) is 4.75. The molecule has 0 radical (unpaired) electrons. The van der Waals surface area contributed by atoms with Crippen molar-refractivity contribution in [1.29, 1.82) is 0 Å². The molecule has 0 spiro atoms. The number of nitrogens with zero attached hydrogens (tertiary/aromatic N) is 1. The lowest BCUT2D eigenvalue weighted by Crippen LogP contribution is -2.39. The molecule has 0 aromatic heterocycles. The highest BCUT2D eigenvalue weighted by atomic mass is 16.5. The molecule has 116 valence electrons. The predicted molar refractivity (Wildman–Crippen MR) is 80.6 cm³/mol. The van der Waals surface area contributed by atoms with Crippen molar-refractivity contribution in [1.82, 2.24) is 10.2 Å². The van der Waals surface area contributed by atoms with Gasteiger partial charge in [0.05, 0.1) is 0 Å². The van der Waals surface area contributed by atoms with Crippen molar-refractivity contribution < 1.29 is 9.53 Å². The average molecular weight is 282 g/mol. The van der Waals surface area contributed by atoms with Gasteiger partial charge in [0.25, 0.3) is 0 Å². The largest absolute Gasteiger partial charge is 0.381 e. The van der Waals surface area contributed by atoms with Gasteiger partial charge < -0.3 is 15.0 Å². The van der Waals surface area contributed by atoms with E-state index < -0.39 is 0 Å². The molecule has 1 N–H and O–H groups in total. The van der Waals surface area contributed by atoms with Crippen LogP contribution in [0.4, 0.5) is 0 Å². The lowest BCUT2D eigenvalue weighted by Gasteiger charge is -2.34. The number of nitrogens with one attached hydrogen (secondary N) is 1. The number of hydrogen-bond donors (Lipinski definition) is 1. The third kappa shape index (κ3) is 5.06. The van der Waals surface area contributed by atoms with Crippen LogP contribution in [0, 0.1) is 11.8 Å². The molecule has 2 aliphatic heterocycles. The Balaban J connectivity index is 1.53. The van der Waals surface area contributed by atoms with Gasteiger partial charge in [-0.3, -0.25) is 4.79 Å². The molecule has 0 aromatic carbocycles. The minimum Gasteiger partial charge on any atom is -0.381 e. The smallest absolute Gasteiger partial charge is 0.220 e. The van der Waals surface area contributed by atoms with E-state index in [1.807, 2.05) is 0 Å². The van der Waals surface area contributed by atoms with E-state index in [2.05, 4.69) is 24.1 Å². The topological polar surface area (TPSA) is 41.6 Å². The second-order valence-corrected chi connectivity index (χ2v) is 6.65. The van der Waals surface area contributed by atoms with Crippen LogP contribution in [0.5, 0.6) is 0 Å². The maximum Gasteiger partial charge on any atom is 0.220 e. The van der Waals surface area contributed by atoms with Crippen LogP contribution in [-0.2, 0) is 9.53 Å². The Kier molecular flexibility index (Phi) is 6.30. The Morgan fingerprint density at radius 1 is 1.25 bits per heavy atom. The van der Waals surface area contributed by atoms with E-state index in [1.165, 1.54) is 25.9 Å². The number of hydrogen-bond acceptors (Lipinski definition) is 3. The van der Waals surface area contributed by atoms with Crippen LogP contribution in [-0.4, -0.2) is 49.7 Å². The van der Waals surface area contributed by atoms with E-state index in [-0.39, 0.29) is 5.91 Å². The summed E-state index contributed by atoms with van der Waals surface area (Å²) in [6.45, 7) is 9.41. The van der Waals surface area contributed by atoms with Crippen molar-refractivity contribution in [3.63, 3.8) is 0 Å². The highest BCUT2D eigenvalue weighted by Gasteiger charge is 2.21. The Morgan fingerprint density at radius 3 is 2.60 bits per heavy atom. The molecule has 2 saturated heterocycles. The fourth-order valence-corrected chi connectivity index (χ4v) is 3.25. The van der Waals surface area contributed by atoms with Gasteiger partial charge in [-0.25, -0.2) is 0 Å². The lowest BCUT2D eigenvalue weighted by molar-refractivity contribution is -0.122. The molecule has 2 fully saturated rings. The Hall–Kier alpha value is -0.610. The second-order valence-electron chi connectivity index (χ2n) is 6.65. The highest BCUT2D eigenvalue weighted by Crippen LogP contribution is 2.21. The maximum absolute atomic E-state index is 11.8. The molecule has 0 bridgehead atoms. The molecule has 0 aliphatic carbocycles. The van der Waals surface area contributed by atoms with Gasteiger partial charge in [-0.1, -0.05) is 0 Å². The van der Waals surface area contributed by atoms with Gasteiger partial charge in [0.15, 0.2) is 0 Å². The minimum absolute atomic E-state index is 0.208. The molecule has 0 aromatic rings. The summed E-state index contributed by atoms with van der Waals surface area (Å²) in [5.74, 6) is 1.45. The number of amides is 1. The lowest BCUT2D eigenvalue weighted by atomic mass is 9.93. The molecular formula is C16H30N2O2. The summed E-state index contributed by atoms with van der Waals surface area (Å²) in [6.07, 6.45) is 5.39. The first-order valence-corrected chi connectivity index (χ1v) is 8.23. The summed E-state index contributed by atoms with van der Waals surface area (Å²) in [7, 11) is 0. The van der Waals surface area contributed by atoms with Crippen LogP contribution in [0.25, 0.3) is 0 Å². The molecule has 2 aliphatic rings. The summed E-state index contributed by atoms with van der Waals surface area (Å²) < 4.78 is 5.30. The quantitative estimate of drug-likeness (QED) is 0.810. The molecule has 1 amide bonds. The van der Waals surface area contributed by atoms with Crippen molar-refractivity contribution in [2.45, 2.75) is 52.0 Å². The SMILES string of the molecule is CC(C)N1CCC(CCNC(=O)C[C@@H]2CCOC2)CC1. The molecular weight excluding hydrogens is 252 g/mol. The van der Waals surface area contributed by atoms with Gasteiger partial charge in [-0.05, 0) is 64.5 Å². The van der Waals surface area contributed by atoms with Crippen LogP contribution in [0.3, 0.4) is 0 Å². The number of rotatable bonds is 6. The molecule has 20 heavy (non-hydrogen) atoms. The first kappa shape index (κ1) is 15.8. The van der Waals surface area contributed by atoms with Crippen LogP contribution in [0.15, 0.2) is 0 Å². The van der Waals surface area contributed by atoms with E-state index >= 15 is 0 Å². The molecule has 4 nitrogen and oxygen atoms in total. The summed E-state index contributed by atoms with van der Waals surface area (Å²) in [6, 6.07) is 0.671. The van der Waals surface area contributed by atoms with Crippen LogP contribution in [0.2, 0.25) is 0 Å². The number of carbonyl (C=O) groups excluding carboxylic acids is 1. The van der Waals surface area contributed by atoms with E-state index in [9.17, 15) is 4.79 Å². The van der Waals surface area contributed by atoms with E-state index in [0.717, 1.165) is 38.5 Å². The number of piperidine rings is 1. The van der Waals surface area contributed by atoms with Gasteiger partial charge in [-0.15, -0.1) is 0 Å². The van der Waals surface area contributed by atoms with Crippen LogP contribution >= 0.6 is 0 Å². The van der Waals surface area contributed by atoms with Gasteiger partial charge >= 0.3 is 0 Å². The zero-order valence-corrected chi connectivity index (χ0v) is 13.1. The van der Waals surface area contributed by atoms with Crippen LogP contribution < -0.4 is 5.32 Å². The molecule has 0 unspecified atom stereocenters. The number of ether oxygens (including phenoxy) is 1. The first-order valence-electron chi connectivity index (χ1n) is 8.23. The standard InChI is InChI=1S/C16H30N2O2/c1-13(2)18-8-4-14(5-9-18)3-7-17-16(19)11-15-6-10-20-12-15/h13-15H,3-12H2,1-2H3,(H,17,19)/t15-/m0/s1. The predicted octanol–water partition coefficient (Wildman–Crippen LogP) is 2.04. The van der Waals surface area contributed by atoms with E-state index in [4.69, 9.17) is 4.74 Å². The zero-order valence-electron chi connectivity index (χ0n) is 13.1. The molecule has 0 saturated carbocycles. The Morgan fingerprint density at radius 2 is 2.00 bits per heavy atom. The average Bonchev–Trinajstić information content (AvgIpc) is 2.92. The summed E-state index contributed by atoms with van der Waals surface area (Å²) in [4.78, 5) is 14.4. The normalized spacial score (nSPS) is 25.2. The van der Waals surface area contributed by atoms with Crippen molar-refractivity contribution in [2.75, 3.05) is 32.8 Å². The van der Waals surface area contributed by atoms with E-state index in [0.29, 0.717) is 18.4 Å². The molecule has 2 rings (SSSR count). The Bertz CT molecular complexity index is 293. The van der Waals surface area contributed by atoms with Gasteiger partial charge in [0.2, 0.25) is 5.91 Å². The Labute approximate surface area is 123 Å². The van der Waals surface area contributed by atoms with Gasteiger partial charge in [0.1, 0.15) is 0 Å². The third-order valence-electron chi connectivity index (χ3n) is 4.75. The second kappa shape index (κ2) is 7.99. The van der Waals surface area contributed by atoms with Gasteiger partial charge in [0, 0.05) is 32.2 Å². The fraction of sp³-hybridized carbons (Fsp3) is 0.938. The van der Waals surface area contributed by atoms with Crippen molar-refractivity contribution in [3.8, 4) is 0 Å². The summed E-state index contributed by atoms with van der Waals surface area (Å²) in [5, 5.41) is 3.08. The number of likely N-dealkylation sites (tertiary alicyclic amines) is 1. The van der Waals surface area contributed by atoms with E-state index in [1.54, 1.807) is 0 Å². The number of carbonyl (C=O) groups is 1. The summed E-state index contributed by atoms with van der Waals surface area (Å²) >= 11 is 0. The maximum atomic E-state index is 11.8. The first-order chi connectivity index (χ1) is 9.65. The van der Waals surface area contributed by atoms with Gasteiger partial charge in [-0.2, -0.15) is 0 Å². The fourth-order valence-electron chi connectivity index (χ4n) is 3.25. The minimum atomic E-state index is 0.208. The molecule has 2 heterocycles. The van der Waals surface area contributed by atoms with Crippen molar-refractivity contribution in [2.24, 2.45) is 11.8 Å². The van der Waals surface area contributed by atoms with Crippen molar-refractivity contribution >= 4 is 5.91 Å².